The first-order valence-electron chi connectivity index (χ1n) is 4.92. The van der Waals surface area contributed by atoms with E-state index >= 15 is 0 Å². The Kier molecular flexibility index (Phi) is 5.05. The molecule has 0 spiro atoms. The maximum atomic E-state index is 10.8. The molecule has 0 aliphatic heterocycles. The van der Waals surface area contributed by atoms with Crippen molar-refractivity contribution >= 4 is 27.5 Å². The monoisotopic (exact) mass is 301 g/mol. The van der Waals surface area contributed by atoms with Gasteiger partial charge in [0, 0.05) is 35.6 Å². The van der Waals surface area contributed by atoms with Crippen molar-refractivity contribution < 1.29 is 9.72 Å². The van der Waals surface area contributed by atoms with E-state index < -0.39 is 10.8 Å². The molecule has 0 heterocycles. The predicted molar refractivity (Wildman–Crippen MR) is 66.3 cm³/mol. The lowest BCUT2D eigenvalue weighted by Gasteiger charge is -2.05. The highest BCUT2D eigenvalue weighted by atomic mass is 79.9. The summed E-state index contributed by atoms with van der Waals surface area (Å²) in [6.07, 6.45) is 0.213. The average Bonchev–Trinajstić information content (AvgIpc) is 2.25. The highest BCUT2D eigenvalue weighted by Gasteiger charge is 2.13. The van der Waals surface area contributed by atoms with Crippen molar-refractivity contribution in [2.75, 3.05) is 6.54 Å². The normalized spacial score (nSPS) is 10.2. The van der Waals surface area contributed by atoms with Gasteiger partial charge in [0.15, 0.2) is 0 Å². The Hall–Kier alpha value is -1.47. The predicted octanol–water partition coefficient (Wildman–Crippen LogP) is 1.32. The topological polar surface area (TPSA) is 98.3 Å². The number of amides is 1. The standard InChI is InChI=1S/C10H12BrN3O3/c11-8-2-1-7(9(5-8)14(16)17)6-13-4-3-10(12)15/h1-2,5,13H,3-4,6H2,(H2,12,15). The van der Waals surface area contributed by atoms with Crippen molar-refractivity contribution in [1.29, 1.82) is 0 Å². The molecule has 7 heteroatoms. The second-order valence-electron chi connectivity index (χ2n) is 3.42. The van der Waals surface area contributed by atoms with Crippen molar-refractivity contribution in [3.63, 3.8) is 0 Å². The molecule has 1 aromatic rings. The highest BCUT2D eigenvalue weighted by molar-refractivity contribution is 9.10. The Morgan fingerprint density at radius 3 is 2.82 bits per heavy atom. The van der Waals surface area contributed by atoms with Gasteiger partial charge in [0.25, 0.3) is 5.69 Å². The number of benzene rings is 1. The molecule has 0 aliphatic rings. The quantitative estimate of drug-likeness (QED) is 0.470. The SMILES string of the molecule is NC(=O)CCNCc1ccc(Br)cc1[N+](=O)[O-]. The highest BCUT2D eigenvalue weighted by Crippen LogP contribution is 2.23. The largest absolute Gasteiger partial charge is 0.370 e. The number of hydrogen-bond acceptors (Lipinski definition) is 4. The van der Waals surface area contributed by atoms with Crippen LogP contribution >= 0.6 is 15.9 Å². The number of nitrogens with zero attached hydrogens (tertiary/aromatic N) is 1. The summed E-state index contributed by atoms with van der Waals surface area (Å²) in [6.45, 7) is 0.736. The smallest absolute Gasteiger partial charge is 0.275 e. The summed E-state index contributed by atoms with van der Waals surface area (Å²) in [4.78, 5) is 20.9. The number of nitro benzene ring substituents is 1. The zero-order valence-corrected chi connectivity index (χ0v) is 10.6. The zero-order chi connectivity index (χ0) is 12.8. The van der Waals surface area contributed by atoms with Crippen molar-refractivity contribution in [2.24, 2.45) is 5.73 Å². The van der Waals surface area contributed by atoms with Crippen LogP contribution in [-0.4, -0.2) is 17.4 Å². The van der Waals surface area contributed by atoms with Gasteiger partial charge in [0.1, 0.15) is 0 Å². The van der Waals surface area contributed by atoms with E-state index in [2.05, 4.69) is 21.2 Å². The zero-order valence-electron chi connectivity index (χ0n) is 8.98. The summed E-state index contributed by atoms with van der Waals surface area (Å²) < 4.78 is 0.657. The minimum absolute atomic E-state index is 0.0472. The van der Waals surface area contributed by atoms with Crippen LogP contribution in [0.3, 0.4) is 0 Å². The molecule has 0 fully saturated rings. The van der Waals surface area contributed by atoms with Gasteiger partial charge in [-0.3, -0.25) is 14.9 Å². The average molecular weight is 302 g/mol. The van der Waals surface area contributed by atoms with Crippen LogP contribution in [0.1, 0.15) is 12.0 Å². The Morgan fingerprint density at radius 2 is 2.24 bits per heavy atom. The number of hydrogen-bond donors (Lipinski definition) is 2. The second-order valence-corrected chi connectivity index (χ2v) is 4.34. The van der Waals surface area contributed by atoms with E-state index in [-0.39, 0.29) is 12.1 Å². The van der Waals surface area contributed by atoms with Gasteiger partial charge in [-0.15, -0.1) is 0 Å². The lowest BCUT2D eigenvalue weighted by molar-refractivity contribution is -0.385. The van der Waals surface area contributed by atoms with Crippen LogP contribution in [0.2, 0.25) is 0 Å². The number of carbonyl (C=O) groups excluding carboxylic acids is 1. The van der Waals surface area contributed by atoms with Crippen molar-refractivity contribution in [2.45, 2.75) is 13.0 Å². The van der Waals surface area contributed by atoms with Gasteiger partial charge < -0.3 is 11.1 Å². The van der Waals surface area contributed by atoms with E-state index in [1.54, 1.807) is 12.1 Å². The summed E-state index contributed by atoms with van der Waals surface area (Å²) in [7, 11) is 0. The van der Waals surface area contributed by atoms with Crippen molar-refractivity contribution in [3.05, 3.63) is 38.3 Å². The fraction of sp³-hybridized carbons (Fsp3) is 0.300. The molecule has 0 unspecified atom stereocenters. The third-order valence-electron chi connectivity index (χ3n) is 2.11. The molecule has 0 bridgehead atoms. The first-order valence-corrected chi connectivity index (χ1v) is 5.72. The number of primary amides is 1. The summed E-state index contributed by atoms with van der Waals surface area (Å²) in [5.74, 6) is -0.400. The molecule has 0 aliphatic carbocycles. The number of nitro groups is 1. The van der Waals surface area contributed by atoms with Crippen LogP contribution in [0.5, 0.6) is 0 Å². The molecule has 0 atom stereocenters. The first-order chi connectivity index (χ1) is 8.00. The van der Waals surface area contributed by atoms with Gasteiger partial charge >= 0.3 is 0 Å². The third-order valence-corrected chi connectivity index (χ3v) is 2.60. The van der Waals surface area contributed by atoms with Crippen LogP contribution < -0.4 is 11.1 Å². The van der Waals surface area contributed by atoms with Gasteiger partial charge in [0.2, 0.25) is 5.91 Å². The molecule has 0 saturated carbocycles. The van der Waals surface area contributed by atoms with Gasteiger partial charge in [-0.1, -0.05) is 15.9 Å². The molecule has 6 nitrogen and oxygen atoms in total. The summed E-state index contributed by atoms with van der Waals surface area (Å²) >= 11 is 3.18. The second kappa shape index (κ2) is 6.31. The Balaban J connectivity index is 2.64. The molecular formula is C10H12BrN3O3. The minimum Gasteiger partial charge on any atom is -0.370 e. The molecule has 1 rings (SSSR count). The third kappa shape index (κ3) is 4.49. The van der Waals surface area contributed by atoms with E-state index in [1.165, 1.54) is 6.07 Å². The van der Waals surface area contributed by atoms with Crippen molar-refractivity contribution in [3.8, 4) is 0 Å². The summed E-state index contributed by atoms with van der Waals surface area (Å²) in [6, 6.07) is 4.85. The molecule has 17 heavy (non-hydrogen) atoms. The van der Waals surface area contributed by atoms with Crippen LogP contribution in [0, 0.1) is 10.1 Å². The number of nitrogens with one attached hydrogen (secondary N) is 1. The maximum absolute atomic E-state index is 10.8. The molecule has 1 amide bonds. The fourth-order valence-corrected chi connectivity index (χ4v) is 1.64. The van der Waals surface area contributed by atoms with Crippen LogP contribution in [0.15, 0.2) is 22.7 Å². The molecular weight excluding hydrogens is 290 g/mol. The number of halogens is 1. The van der Waals surface area contributed by atoms with E-state index in [1.807, 2.05) is 0 Å². The van der Waals surface area contributed by atoms with E-state index in [4.69, 9.17) is 5.73 Å². The molecule has 0 saturated heterocycles. The molecule has 92 valence electrons. The van der Waals surface area contributed by atoms with Gasteiger partial charge in [-0.2, -0.15) is 0 Å². The molecule has 1 aromatic carbocycles. The van der Waals surface area contributed by atoms with Crippen LogP contribution in [0.25, 0.3) is 0 Å². The summed E-state index contributed by atoms with van der Waals surface area (Å²) in [5, 5.41) is 13.7. The van der Waals surface area contributed by atoms with Gasteiger partial charge in [-0.25, -0.2) is 0 Å². The molecule has 3 N–H and O–H groups in total. The lowest BCUT2D eigenvalue weighted by Crippen LogP contribution is -2.21. The van der Waals surface area contributed by atoms with Crippen LogP contribution in [-0.2, 0) is 11.3 Å². The Bertz CT molecular complexity index is 437. The van der Waals surface area contributed by atoms with Gasteiger partial charge in [0.05, 0.1) is 4.92 Å². The number of rotatable bonds is 6. The summed E-state index contributed by atoms with van der Waals surface area (Å²) in [5.41, 5.74) is 5.60. The molecule has 0 aromatic heterocycles. The number of carbonyl (C=O) groups is 1. The fourth-order valence-electron chi connectivity index (χ4n) is 1.29. The molecule has 0 radical (unpaired) electrons. The number of nitrogens with two attached hydrogens (primary N) is 1. The minimum atomic E-state index is -0.435. The van der Waals surface area contributed by atoms with E-state index in [0.717, 1.165) is 0 Å². The first kappa shape index (κ1) is 13.6. The Labute approximate surface area is 106 Å². The van der Waals surface area contributed by atoms with Crippen LogP contribution in [0.4, 0.5) is 5.69 Å². The Morgan fingerprint density at radius 1 is 1.53 bits per heavy atom. The maximum Gasteiger partial charge on any atom is 0.275 e. The van der Waals surface area contributed by atoms with Gasteiger partial charge in [-0.05, 0) is 12.1 Å². The lowest BCUT2D eigenvalue weighted by atomic mass is 10.2. The van der Waals surface area contributed by atoms with E-state index in [0.29, 0.717) is 23.1 Å². The van der Waals surface area contributed by atoms with Crippen molar-refractivity contribution in [1.82, 2.24) is 5.32 Å². The van der Waals surface area contributed by atoms with E-state index in [9.17, 15) is 14.9 Å².